The van der Waals surface area contributed by atoms with Crippen LogP contribution in [0.5, 0.6) is 0 Å². The van der Waals surface area contributed by atoms with Gasteiger partial charge in [0.25, 0.3) is 0 Å². The Morgan fingerprint density at radius 3 is 2.70 bits per heavy atom. The Balaban J connectivity index is 2.45. The third-order valence-electron chi connectivity index (χ3n) is 2.74. The van der Waals surface area contributed by atoms with Gasteiger partial charge < -0.3 is 15.4 Å². The Kier molecular flexibility index (Phi) is 6.75. The summed E-state index contributed by atoms with van der Waals surface area (Å²) in [5.41, 5.74) is 2.95. The number of hydrogen-bond donors (Lipinski definition) is 2. The predicted octanol–water partition coefficient (Wildman–Crippen LogP) is 3.20. The molecule has 0 radical (unpaired) electrons. The van der Waals surface area contributed by atoms with Crippen molar-refractivity contribution in [3.8, 4) is 0 Å². The molecule has 1 aromatic rings. The van der Waals surface area contributed by atoms with Gasteiger partial charge in [0.1, 0.15) is 0 Å². The Morgan fingerprint density at radius 2 is 2.10 bits per heavy atom. The van der Waals surface area contributed by atoms with Crippen molar-refractivity contribution in [2.45, 2.75) is 26.7 Å². The number of methoxy groups -OCH3 is 1. The highest BCUT2D eigenvalue weighted by Gasteiger charge is 2.07. The summed E-state index contributed by atoms with van der Waals surface area (Å²) in [5.74, 6) is -0.219. The summed E-state index contributed by atoms with van der Waals surface area (Å²) in [6, 6.07) is 3.92. The van der Waals surface area contributed by atoms with E-state index in [9.17, 15) is 4.79 Å². The standard InChI is InChI=1S/C14H19ClN2O2S/c1-9-7-10(2)13(11(15)8-9)17-14(20)16-6-4-5-12(18)19-3/h7-8H,4-6H2,1-3H3,(H2,16,17,20). The molecule has 0 aliphatic rings. The maximum absolute atomic E-state index is 11.0. The molecule has 0 bridgehead atoms. The first-order valence-electron chi connectivity index (χ1n) is 6.32. The number of thiocarbonyl (C=S) groups is 1. The van der Waals surface area contributed by atoms with Crippen molar-refractivity contribution >= 4 is 40.6 Å². The van der Waals surface area contributed by atoms with Gasteiger partial charge in [0, 0.05) is 13.0 Å². The van der Waals surface area contributed by atoms with Gasteiger partial charge in [-0.25, -0.2) is 0 Å². The lowest BCUT2D eigenvalue weighted by atomic mass is 10.1. The minimum atomic E-state index is -0.219. The van der Waals surface area contributed by atoms with Crippen LogP contribution in [-0.4, -0.2) is 24.7 Å². The zero-order chi connectivity index (χ0) is 15.1. The largest absolute Gasteiger partial charge is 0.469 e. The van der Waals surface area contributed by atoms with Crippen LogP contribution in [-0.2, 0) is 9.53 Å². The quantitative estimate of drug-likeness (QED) is 0.496. The first-order chi connectivity index (χ1) is 9.43. The smallest absolute Gasteiger partial charge is 0.305 e. The van der Waals surface area contributed by atoms with Crippen molar-refractivity contribution in [3.63, 3.8) is 0 Å². The second kappa shape index (κ2) is 8.07. The predicted molar refractivity (Wildman–Crippen MR) is 86.4 cm³/mol. The van der Waals surface area contributed by atoms with E-state index in [0.29, 0.717) is 29.5 Å². The van der Waals surface area contributed by atoms with Crippen molar-refractivity contribution < 1.29 is 9.53 Å². The number of rotatable bonds is 5. The number of carbonyl (C=O) groups excluding carboxylic acids is 1. The van der Waals surface area contributed by atoms with E-state index >= 15 is 0 Å². The lowest BCUT2D eigenvalue weighted by Crippen LogP contribution is -2.30. The van der Waals surface area contributed by atoms with Gasteiger partial charge in [-0.1, -0.05) is 17.7 Å². The molecule has 0 spiro atoms. The number of ether oxygens (including phenoxy) is 1. The maximum Gasteiger partial charge on any atom is 0.305 e. The van der Waals surface area contributed by atoms with Crippen LogP contribution < -0.4 is 10.6 Å². The zero-order valence-corrected chi connectivity index (χ0v) is 13.5. The summed E-state index contributed by atoms with van der Waals surface area (Å²) < 4.78 is 4.56. The number of halogens is 1. The van der Waals surface area contributed by atoms with Crippen LogP contribution >= 0.6 is 23.8 Å². The monoisotopic (exact) mass is 314 g/mol. The number of benzene rings is 1. The van der Waals surface area contributed by atoms with E-state index in [-0.39, 0.29) is 5.97 Å². The first-order valence-corrected chi connectivity index (χ1v) is 7.11. The lowest BCUT2D eigenvalue weighted by Gasteiger charge is -2.14. The molecule has 0 saturated heterocycles. The Labute approximate surface area is 129 Å². The molecule has 0 unspecified atom stereocenters. The van der Waals surface area contributed by atoms with Crippen LogP contribution in [0.4, 0.5) is 5.69 Å². The van der Waals surface area contributed by atoms with E-state index < -0.39 is 0 Å². The normalized spacial score (nSPS) is 10.0. The summed E-state index contributed by atoms with van der Waals surface area (Å²) in [5, 5.41) is 7.24. The molecule has 0 aromatic heterocycles. The number of esters is 1. The van der Waals surface area contributed by atoms with E-state index in [1.165, 1.54) is 7.11 Å². The molecule has 110 valence electrons. The summed E-state index contributed by atoms with van der Waals surface area (Å²) in [4.78, 5) is 11.0. The second-order valence-electron chi connectivity index (χ2n) is 4.50. The van der Waals surface area contributed by atoms with E-state index in [2.05, 4.69) is 15.4 Å². The van der Waals surface area contributed by atoms with E-state index in [4.69, 9.17) is 23.8 Å². The molecular weight excluding hydrogens is 296 g/mol. The molecule has 0 aliphatic carbocycles. The fourth-order valence-corrected chi connectivity index (χ4v) is 2.34. The minimum Gasteiger partial charge on any atom is -0.469 e. The fourth-order valence-electron chi connectivity index (χ4n) is 1.77. The van der Waals surface area contributed by atoms with Gasteiger partial charge in [0.2, 0.25) is 0 Å². The number of anilines is 1. The van der Waals surface area contributed by atoms with Crippen LogP contribution in [0.3, 0.4) is 0 Å². The van der Waals surface area contributed by atoms with E-state index in [0.717, 1.165) is 16.8 Å². The van der Waals surface area contributed by atoms with Crippen molar-refractivity contribution in [2.75, 3.05) is 19.0 Å². The molecule has 1 rings (SSSR count). The summed E-state index contributed by atoms with van der Waals surface area (Å²) >= 11 is 11.4. The first kappa shape index (κ1) is 16.7. The average Bonchev–Trinajstić information content (AvgIpc) is 2.38. The zero-order valence-electron chi connectivity index (χ0n) is 11.9. The average molecular weight is 315 g/mol. The van der Waals surface area contributed by atoms with Gasteiger partial charge in [0.05, 0.1) is 17.8 Å². The Bertz CT molecular complexity index is 483. The van der Waals surface area contributed by atoms with Gasteiger partial charge in [0.15, 0.2) is 5.11 Å². The topological polar surface area (TPSA) is 50.4 Å². The molecule has 1 aromatic carbocycles. The molecule has 0 heterocycles. The van der Waals surface area contributed by atoms with Gasteiger partial charge in [-0.3, -0.25) is 4.79 Å². The third kappa shape index (κ3) is 5.35. The van der Waals surface area contributed by atoms with Gasteiger partial charge in [-0.15, -0.1) is 0 Å². The molecule has 6 heteroatoms. The van der Waals surface area contributed by atoms with Gasteiger partial charge in [-0.05, 0) is 49.7 Å². The SMILES string of the molecule is COC(=O)CCCNC(=S)Nc1c(C)cc(C)cc1Cl. The van der Waals surface area contributed by atoms with Crippen LogP contribution in [0.15, 0.2) is 12.1 Å². The summed E-state index contributed by atoms with van der Waals surface area (Å²) in [7, 11) is 1.38. The number of nitrogens with one attached hydrogen (secondary N) is 2. The van der Waals surface area contributed by atoms with E-state index in [1.54, 1.807) is 0 Å². The number of carbonyl (C=O) groups is 1. The maximum atomic E-state index is 11.0. The summed E-state index contributed by atoms with van der Waals surface area (Å²) in [6.07, 6.45) is 1.03. The van der Waals surface area contributed by atoms with Crippen LogP contribution in [0.2, 0.25) is 5.02 Å². The molecule has 0 saturated carbocycles. The number of hydrogen-bond acceptors (Lipinski definition) is 3. The van der Waals surface area contributed by atoms with E-state index in [1.807, 2.05) is 26.0 Å². The summed E-state index contributed by atoms with van der Waals surface area (Å²) in [6.45, 7) is 4.57. The fraction of sp³-hybridized carbons (Fsp3) is 0.429. The van der Waals surface area contributed by atoms with Crippen molar-refractivity contribution in [1.82, 2.24) is 5.32 Å². The molecule has 2 N–H and O–H groups in total. The molecule has 20 heavy (non-hydrogen) atoms. The highest BCUT2D eigenvalue weighted by atomic mass is 35.5. The Hall–Kier alpha value is -1.33. The van der Waals surface area contributed by atoms with Gasteiger partial charge in [-0.2, -0.15) is 0 Å². The third-order valence-corrected chi connectivity index (χ3v) is 3.29. The highest BCUT2D eigenvalue weighted by Crippen LogP contribution is 2.27. The van der Waals surface area contributed by atoms with Gasteiger partial charge >= 0.3 is 5.97 Å². The van der Waals surface area contributed by atoms with Crippen molar-refractivity contribution in [2.24, 2.45) is 0 Å². The molecule has 4 nitrogen and oxygen atoms in total. The van der Waals surface area contributed by atoms with Crippen LogP contribution in [0, 0.1) is 13.8 Å². The van der Waals surface area contributed by atoms with Crippen LogP contribution in [0.1, 0.15) is 24.0 Å². The Morgan fingerprint density at radius 1 is 1.40 bits per heavy atom. The van der Waals surface area contributed by atoms with Crippen molar-refractivity contribution in [1.29, 1.82) is 0 Å². The molecule has 0 fully saturated rings. The minimum absolute atomic E-state index is 0.219. The van der Waals surface area contributed by atoms with Crippen LogP contribution in [0.25, 0.3) is 0 Å². The molecular formula is C14H19ClN2O2S. The number of aryl methyl sites for hydroxylation is 2. The molecule has 0 atom stereocenters. The molecule has 0 aliphatic heterocycles. The second-order valence-corrected chi connectivity index (χ2v) is 5.31. The highest BCUT2D eigenvalue weighted by molar-refractivity contribution is 7.80. The molecule has 0 amide bonds. The van der Waals surface area contributed by atoms with Crippen molar-refractivity contribution in [3.05, 3.63) is 28.3 Å². The lowest BCUT2D eigenvalue weighted by molar-refractivity contribution is -0.140.